The molecule has 0 bridgehead atoms. The maximum absolute atomic E-state index is 9.46. The van der Waals surface area contributed by atoms with Crippen LogP contribution < -0.4 is 5.55 Å². The van der Waals surface area contributed by atoms with Gasteiger partial charge in [0.25, 0.3) is 0 Å². The van der Waals surface area contributed by atoms with Gasteiger partial charge in [0.1, 0.15) is 17.2 Å². The summed E-state index contributed by atoms with van der Waals surface area (Å²) >= 11 is 0. The van der Waals surface area contributed by atoms with Crippen molar-refractivity contribution in [3.05, 3.63) is 54.1 Å². The van der Waals surface area contributed by atoms with E-state index < -0.39 is 0 Å². The molecular formula is C16H11N3O2. The molecule has 4 rings (SSSR count). The van der Waals surface area contributed by atoms with Crippen molar-refractivity contribution in [3.63, 3.8) is 0 Å². The number of benzene rings is 2. The van der Waals surface area contributed by atoms with Crippen LogP contribution in [0.3, 0.4) is 0 Å². The lowest BCUT2D eigenvalue weighted by Gasteiger charge is -2.01. The molecule has 0 saturated heterocycles. The zero-order chi connectivity index (χ0) is 14.4. The summed E-state index contributed by atoms with van der Waals surface area (Å²) < 4.78 is 5.47. The Kier molecular flexibility index (Phi) is 2.35. The predicted molar refractivity (Wildman–Crippen MR) is 78.8 cm³/mol. The predicted octanol–water partition coefficient (Wildman–Crippen LogP) is 3.16. The van der Waals surface area contributed by atoms with Crippen LogP contribution in [0, 0.1) is 5.41 Å². The highest BCUT2D eigenvalue weighted by atomic mass is 16.3. The Morgan fingerprint density at radius 2 is 1.95 bits per heavy atom. The molecule has 0 unspecified atom stereocenters. The normalized spacial score (nSPS) is 11.2. The molecule has 2 aromatic carbocycles. The van der Waals surface area contributed by atoms with Gasteiger partial charge in [0.05, 0.1) is 16.6 Å². The molecule has 2 aromatic heterocycles. The molecule has 2 heterocycles. The topological polar surface area (TPSA) is 85.9 Å². The van der Waals surface area contributed by atoms with E-state index in [4.69, 9.17) is 9.83 Å². The molecule has 0 aliphatic rings. The monoisotopic (exact) mass is 277 g/mol. The lowest BCUT2D eigenvalue weighted by Crippen LogP contribution is -2.03. The molecule has 0 radical (unpaired) electrons. The van der Waals surface area contributed by atoms with Gasteiger partial charge in [-0.15, -0.1) is 0 Å². The third-order valence-corrected chi connectivity index (χ3v) is 3.40. The molecule has 0 fully saturated rings. The van der Waals surface area contributed by atoms with Crippen molar-refractivity contribution in [1.29, 1.82) is 5.41 Å². The van der Waals surface area contributed by atoms with E-state index in [2.05, 4.69) is 9.97 Å². The molecule has 21 heavy (non-hydrogen) atoms. The highest BCUT2D eigenvalue weighted by Crippen LogP contribution is 2.23. The average Bonchev–Trinajstić information content (AvgIpc) is 2.90. The fourth-order valence-electron chi connectivity index (χ4n) is 2.37. The van der Waals surface area contributed by atoms with Gasteiger partial charge in [0.2, 0.25) is 5.55 Å². The SMILES string of the molecule is N=c1oc2cc(O)ccc2cc1-c1nc2ccccc2[nH]1. The van der Waals surface area contributed by atoms with Gasteiger partial charge in [-0.2, -0.15) is 0 Å². The Bertz CT molecular complexity index is 997. The first-order valence-electron chi connectivity index (χ1n) is 6.47. The van der Waals surface area contributed by atoms with E-state index in [-0.39, 0.29) is 11.3 Å². The van der Waals surface area contributed by atoms with Gasteiger partial charge in [-0.05, 0) is 30.3 Å². The number of H-pyrrole nitrogens is 1. The molecule has 4 aromatic rings. The fourth-order valence-corrected chi connectivity index (χ4v) is 2.37. The molecule has 0 saturated carbocycles. The van der Waals surface area contributed by atoms with E-state index in [1.807, 2.05) is 30.3 Å². The van der Waals surface area contributed by atoms with E-state index in [0.29, 0.717) is 17.0 Å². The highest BCUT2D eigenvalue weighted by molar-refractivity contribution is 5.84. The lowest BCUT2D eigenvalue weighted by atomic mass is 10.1. The van der Waals surface area contributed by atoms with Gasteiger partial charge in [0.15, 0.2) is 0 Å². The Balaban J connectivity index is 1.99. The highest BCUT2D eigenvalue weighted by Gasteiger charge is 2.10. The van der Waals surface area contributed by atoms with Crippen LogP contribution in [-0.4, -0.2) is 15.1 Å². The van der Waals surface area contributed by atoms with E-state index in [9.17, 15) is 5.11 Å². The summed E-state index contributed by atoms with van der Waals surface area (Å²) in [5.41, 5.74) is 2.83. The Morgan fingerprint density at radius 1 is 1.10 bits per heavy atom. The summed E-state index contributed by atoms with van der Waals surface area (Å²) in [6.07, 6.45) is 0. The van der Waals surface area contributed by atoms with Crippen molar-refractivity contribution in [1.82, 2.24) is 9.97 Å². The van der Waals surface area contributed by atoms with Crippen LogP contribution in [0.4, 0.5) is 0 Å². The van der Waals surface area contributed by atoms with Crippen molar-refractivity contribution in [3.8, 4) is 17.1 Å². The Hall–Kier alpha value is -3.08. The fraction of sp³-hybridized carbons (Fsp3) is 0. The van der Waals surface area contributed by atoms with E-state index in [1.54, 1.807) is 12.1 Å². The van der Waals surface area contributed by atoms with Crippen LogP contribution >= 0.6 is 0 Å². The molecule has 0 atom stereocenters. The van der Waals surface area contributed by atoms with Crippen LogP contribution in [0.25, 0.3) is 33.4 Å². The summed E-state index contributed by atoms with van der Waals surface area (Å²) in [7, 11) is 0. The van der Waals surface area contributed by atoms with Gasteiger partial charge in [-0.25, -0.2) is 4.98 Å². The Morgan fingerprint density at radius 3 is 2.81 bits per heavy atom. The number of aromatic nitrogens is 2. The molecule has 5 nitrogen and oxygen atoms in total. The van der Waals surface area contributed by atoms with Crippen molar-refractivity contribution < 1.29 is 9.52 Å². The second-order valence-corrected chi connectivity index (χ2v) is 4.81. The molecule has 0 aliphatic heterocycles. The van der Waals surface area contributed by atoms with Crippen LogP contribution in [0.15, 0.2) is 52.9 Å². The maximum atomic E-state index is 9.46. The number of aromatic hydroxyl groups is 1. The quantitative estimate of drug-likeness (QED) is 0.499. The number of phenolic OH excluding ortho intramolecular Hbond substituents is 1. The number of phenols is 1. The third-order valence-electron chi connectivity index (χ3n) is 3.40. The van der Waals surface area contributed by atoms with Crippen molar-refractivity contribution >= 4 is 22.0 Å². The number of aromatic amines is 1. The zero-order valence-corrected chi connectivity index (χ0v) is 10.9. The molecule has 5 heteroatoms. The average molecular weight is 277 g/mol. The van der Waals surface area contributed by atoms with Gasteiger partial charge >= 0.3 is 0 Å². The summed E-state index contributed by atoms with van der Waals surface area (Å²) in [5.74, 6) is 0.710. The van der Waals surface area contributed by atoms with Crippen LogP contribution in [0.5, 0.6) is 5.75 Å². The second kappa shape index (κ2) is 4.21. The van der Waals surface area contributed by atoms with Gasteiger partial charge < -0.3 is 14.5 Å². The lowest BCUT2D eigenvalue weighted by molar-refractivity contribution is 0.472. The number of hydrogen-bond acceptors (Lipinski definition) is 4. The molecular weight excluding hydrogens is 266 g/mol. The number of imidazole rings is 1. The number of fused-ring (bicyclic) bond motifs is 2. The van der Waals surface area contributed by atoms with Crippen molar-refractivity contribution in [2.24, 2.45) is 0 Å². The third kappa shape index (κ3) is 1.87. The minimum absolute atomic E-state index is 0.00663. The molecule has 0 spiro atoms. The maximum Gasteiger partial charge on any atom is 0.223 e. The van der Waals surface area contributed by atoms with Gasteiger partial charge in [-0.1, -0.05) is 12.1 Å². The molecule has 0 aliphatic carbocycles. The second-order valence-electron chi connectivity index (χ2n) is 4.81. The summed E-state index contributed by atoms with van der Waals surface area (Å²) in [5, 5.41) is 18.3. The van der Waals surface area contributed by atoms with Crippen LogP contribution in [-0.2, 0) is 0 Å². The minimum atomic E-state index is 0.00663. The summed E-state index contributed by atoms with van der Waals surface area (Å²) in [4.78, 5) is 7.67. The van der Waals surface area contributed by atoms with Crippen molar-refractivity contribution in [2.45, 2.75) is 0 Å². The number of nitrogens with zero attached hydrogens (tertiary/aromatic N) is 1. The number of rotatable bonds is 1. The van der Waals surface area contributed by atoms with Crippen molar-refractivity contribution in [2.75, 3.05) is 0 Å². The van der Waals surface area contributed by atoms with E-state index in [0.717, 1.165) is 16.4 Å². The van der Waals surface area contributed by atoms with Crippen LogP contribution in [0.1, 0.15) is 0 Å². The standard InChI is InChI=1S/C16H11N3O2/c17-15-11(7-9-5-6-10(20)8-14(9)21-15)16-18-12-3-1-2-4-13(12)19-16/h1-8,17,20H,(H,18,19). The molecule has 3 N–H and O–H groups in total. The smallest absolute Gasteiger partial charge is 0.223 e. The number of nitrogens with one attached hydrogen (secondary N) is 2. The summed E-state index contributed by atoms with van der Waals surface area (Å²) in [6, 6.07) is 14.4. The first kappa shape index (κ1) is 11.7. The number of para-hydroxylation sites is 2. The largest absolute Gasteiger partial charge is 0.508 e. The summed E-state index contributed by atoms with van der Waals surface area (Å²) in [6.45, 7) is 0. The Labute approximate surface area is 119 Å². The van der Waals surface area contributed by atoms with Gasteiger partial charge in [-0.3, -0.25) is 5.41 Å². The van der Waals surface area contributed by atoms with E-state index in [1.165, 1.54) is 6.07 Å². The number of hydrogen-bond donors (Lipinski definition) is 3. The molecule has 102 valence electrons. The zero-order valence-electron chi connectivity index (χ0n) is 10.9. The minimum Gasteiger partial charge on any atom is -0.508 e. The van der Waals surface area contributed by atoms with Crippen LogP contribution in [0.2, 0.25) is 0 Å². The first-order chi connectivity index (χ1) is 10.2. The molecule has 0 amide bonds. The first-order valence-corrected chi connectivity index (χ1v) is 6.47. The van der Waals surface area contributed by atoms with Gasteiger partial charge in [0, 0.05) is 11.5 Å². The van der Waals surface area contributed by atoms with E-state index >= 15 is 0 Å².